The van der Waals surface area contributed by atoms with Gasteiger partial charge in [-0.3, -0.25) is 4.79 Å². The zero-order valence-corrected chi connectivity index (χ0v) is 17.3. The molecule has 1 heterocycles. The molecule has 1 atom stereocenters. The van der Waals surface area contributed by atoms with Crippen LogP contribution in [0.3, 0.4) is 0 Å². The Morgan fingerprint density at radius 3 is 2.32 bits per heavy atom. The van der Waals surface area contributed by atoms with Crippen molar-refractivity contribution in [1.29, 1.82) is 0 Å². The topological polar surface area (TPSA) is 69.0 Å². The summed E-state index contributed by atoms with van der Waals surface area (Å²) >= 11 is 0. The quantitative estimate of drug-likeness (QED) is 0.470. The van der Waals surface area contributed by atoms with Crippen LogP contribution in [0.5, 0.6) is 5.75 Å². The molecular weight excluding hydrogens is 388 g/mol. The number of amides is 1. The van der Waals surface area contributed by atoms with Crippen LogP contribution < -0.4 is 10.1 Å². The number of carbonyl (C=O) groups excluding carboxylic acids is 1. The minimum Gasteiger partial charge on any atom is -0.494 e. The van der Waals surface area contributed by atoms with Crippen molar-refractivity contribution in [3.8, 4) is 5.75 Å². The van der Waals surface area contributed by atoms with Gasteiger partial charge in [-0.1, -0.05) is 54.6 Å². The molecule has 1 N–H and O–H groups in total. The summed E-state index contributed by atoms with van der Waals surface area (Å²) in [6, 6.07) is 25.1. The van der Waals surface area contributed by atoms with E-state index >= 15 is 0 Å². The van der Waals surface area contributed by atoms with Crippen LogP contribution in [0, 0.1) is 0 Å². The van der Waals surface area contributed by atoms with Crippen LogP contribution in [0.2, 0.25) is 0 Å². The Kier molecular flexibility index (Phi) is 6.38. The average molecular weight is 412 g/mol. The van der Waals surface area contributed by atoms with Crippen molar-refractivity contribution >= 4 is 5.91 Å². The van der Waals surface area contributed by atoms with E-state index in [1.165, 1.54) is 6.33 Å². The van der Waals surface area contributed by atoms with Gasteiger partial charge in [-0.2, -0.15) is 5.10 Å². The van der Waals surface area contributed by atoms with Crippen LogP contribution in [0.1, 0.15) is 40.0 Å². The van der Waals surface area contributed by atoms with E-state index in [0.717, 1.165) is 22.4 Å². The van der Waals surface area contributed by atoms with E-state index in [9.17, 15) is 4.79 Å². The second-order valence-corrected chi connectivity index (χ2v) is 7.11. The summed E-state index contributed by atoms with van der Waals surface area (Å²) in [5.41, 5.74) is 3.66. The third-order valence-electron chi connectivity index (χ3n) is 4.96. The maximum absolute atomic E-state index is 13.0. The molecule has 0 saturated carbocycles. The highest BCUT2D eigenvalue weighted by Crippen LogP contribution is 2.25. The van der Waals surface area contributed by atoms with Gasteiger partial charge in [0.2, 0.25) is 0 Å². The molecule has 156 valence electrons. The molecule has 0 saturated heterocycles. The molecule has 0 spiro atoms. The highest BCUT2D eigenvalue weighted by Gasteiger charge is 2.18. The maximum Gasteiger partial charge on any atom is 0.252 e. The number of aromatic nitrogens is 3. The Labute approximate surface area is 181 Å². The normalized spacial score (nSPS) is 11.6. The smallest absolute Gasteiger partial charge is 0.252 e. The zero-order chi connectivity index (χ0) is 21.5. The van der Waals surface area contributed by atoms with Crippen LogP contribution in [0.25, 0.3) is 0 Å². The first-order valence-corrected chi connectivity index (χ1v) is 10.2. The number of benzene rings is 3. The fourth-order valence-electron chi connectivity index (χ4n) is 3.41. The Morgan fingerprint density at radius 2 is 1.68 bits per heavy atom. The lowest BCUT2D eigenvalue weighted by Crippen LogP contribution is -2.29. The highest BCUT2D eigenvalue weighted by molar-refractivity contribution is 5.94. The second-order valence-electron chi connectivity index (χ2n) is 7.11. The van der Waals surface area contributed by atoms with Crippen molar-refractivity contribution in [2.75, 3.05) is 6.61 Å². The summed E-state index contributed by atoms with van der Waals surface area (Å²) in [4.78, 5) is 17.0. The van der Waals surface area contributed by atoms with E-state index in [1.807, 2.05) is 85.8 Å². The summed E-state index contributed by atoms with van der Waals surface area (Å²) in [6.07, 6.45) is 3.17. The fourth-order valence-corrected chi connectivity index (χ4v) is 3.41. The van der Waals surface area contributed by atoms with E-state index in [1.54, 1.807) is 11.0 Å². The van der Waals surface area contributed by atoms with Gasteiger partial charge in [0.05, 0.1) is 19.2 Å². The molecule has 0 aliphatic carbocycles. The van der Waals surface area contributed by atoms with Crippen LogP contribution >= 0.6 is 0 Å². The Bertz CT molecular complexity index is 1090. The maximum atomic E-state index is 13.0. The van der Waals surface area contributed by atoms with Gasteiger partial charge in [0.15, 0.2) is 0 Å². The minimum absolute atomic E-state index is 0.130. The average Bonchev–Trinajstić information content (AvgIpc) is 3.32. The molecule has 0 fully saturated rings. The van der Waals surface area contributed by atoms with E-state index < -0.39 is 0 Å². The largest absolute Gasteiger partial charge is 0.494 e. The highest BCUT2D eigenvalue weighted by atomic mass is 16.5. The monoisotopic (exact) mass is 412 g/mol. The van der Waals surface area contributed by atoms with Crippen molar-refractivity contribution in [1.82, 2.24) is 20.1 Å². The van der Waals surface area contributed by atoms with Crippen LogP contribution in [0.15, 0.2) is 91.5 Å². The SMILES string of the molecule is CCOc1ccc([C@H](NC(=O)c2ccc(Cn3cncn3)cc2)c2ccccc2)cc1. The van der Waals surface area contributed by atoms with E-state index in [-0.39, 0.29) is 11.9 Å². The first-order valence-electron chi connectivity index (χ1n) is 10.2. The number of hydrogen-bond donors (Lipinski definition) is 1. The Morgan fingerprint density at radius 1 is 0.968 bits per heavy atom. The number of rotatable bonds is 8. The number of hydrogen-bond acceptors (Lipinski definition) is 4. The third-order valence-corrected chi connectivity index (χ3v) is 4.96. The van der Waals surface area contributed by atoms with E-state index in [0.29, 0.717) is 18.7 Å². The lowest BCUT2D eigenvalue weighted by Gasteiger charge is -2.20. The molecule has 0 aliphatic heterocycles. The molecule has 0 bridgehead atoms. The van der Waals surface area contributed by atoms with Crippen molar-refractivity contribution in [2.24, 2.45) is 0 Å². The summed E-state index contributed by atoms with van der Waals surface area (Å²) in [5, 5.41) is 7.29. The van der Waals surface area contributed by atoms with E-state index in [4.69, 9.17) is 4.74 Å². The van der Waals surface area contributed by atoms with Gasteiger partial charge in [-0.15, -0.1) is 0 Å². The first kappa shape index (κ1) is 20.3. The summed E-state index contributed by atoms with van der Waals surface area (Å²) in [5.74, 6) is 0.683. The molecular formula is C25H24N4O2. The predicted molar refractivity (Wildman–Crippen MR) is 119 cm³/mol. The fraction of sp³-hybridized carbons (Fsp3) is 0.160. The minimum atomic E-state index is -0.265. The van der Waals surface area contributed by atoms with Gasteiger partial charge in [-0.25, -0.2) is 9.67 Å². The molecule has 1 amide bonds. The summed E-state index contributed by atoms with van der Waals surface area (Å²) in [6.45, 7) is 3.18. The Balaban J connectivity index is 1.53. The van der Waals surface area contributed by atoms with Crippen LogP contribution in [-0.4, -0.2) is 27.3 Å². The van der Waals surface area contributed by atoms with Gasteiger partial charge in [0.25, 0.3) is 5.91 Å². The van der Waals surface area contributed by atoms with Gasteiger partial charge in [0, 0.05) is 5.56 Å². The van der Waals surface area contributed by atoms with Crippen molar-refractivity contribution < 1.29 is 9.53 Å². The van der Waals surface area contributed by atoms with Crippen molar-refractivity contribution in [3.05, 3.63) is 114 Å². The van der Waals surface area contributed by atoms with Crippen LogP contribution in [-0.2, 0) is 6.54 Å². The molecule has 0 unspecified atom stereocenters. The number of ether oxygens (including phenoxy) is 1. The Hall–Kier alpha value is -3.93. The second kappa shape index (κ2) is 9.71. The lowest BCUT2D eigenvalue weighted by molar-refractivity contribution is 0.0943. The van der Waals surface area contributed by atoms with Crippen LogP contribution in [0.4, 0.5) is 0 Å². The number of nitrogens with zero attached hydrogens (tertiary/aromatic N) is 3. The molecule has 3 aromatic carbocycles. The number of nitrogens with one attached hydrogen (secondary N) is 1. The molecule has 0 aliphatic rings. The van der Waals surface area contributed by atoms with Gasteiger partial charge in [-0.05, 0) is 47.9 Å². The predicted octanol–water partition coefficient (Wildman–Crippen LogP) is 4.24. The lowest BCUT2D eigenvalue weighted by atomic mass is 9.98. The zero-order valence-electron chi connectivity index (χ0n) is 17.3. The molecule has 0 radical (unpaired) electrons. The third kappa shape index (κ3) is 5.17. The van der Waals surface area contributed by atoms with Gasteiger partial charge in [0.1, 0.15) is 18.4 Å². The summed E-state index contributed by atoms with van der Waals surface area (Å²) in [7, 11) is 0. The molecule has 4 aromatic rings. The molecule has 4 rings (SSSR count). The summed E-state index contributed by atoms with van der Waals surface area (Å²) < 4.78 is 7.29. The van der Waals surface area contributed by atoms with Crippen molar-refractivity contribution in [2.45, 2.75) is 19.5 Å². The van der Waals surface area contributed by atoms with Gasteiger partial charge >= 0.3 is 0 Å². The first-order chi connectivity index (χ1) is 15.2. The van der Waals surface area contributed by atoms with Crippen molar-refractivity contribution in [3.63, 3.8) is 0 Å². The van der Waals surface area contributed by atoms with Gasteiger partial charge < -0.3 is 10.1 Å². The molecule has 6 heteroatoms. The molecule has 6 nitrogen and oxygen atoms in total. The van der Waals surface area contributed by atoms with E-state index in [2.05, 4.69) is 15.4 Å². The number of carbonyl (C=O) groups is 1. The molecule has 1 aromatic heterocycles. The molecule has 31 heavy (non-hydrogen) atoms. The standard InChI is InChI=1S/C25H24N4O2/c1-2-31-23-14-12-21(13-15-23)24(20-6-4-3-5-7-20)28-25(30)22-10-8-19(9-11-22)16-29-18-26-17-27-29/h3-15,17-18,24H,2,16H2,1H3,(H,28,30)/t24-/m1/s1.